The fraction of sp³-hybridized carbons (Fsp3) is 0.278. The number of esters is 2. The lowest BCUT2D eigenvalue weighted by Crippen LogP contribution is -2.29. The fourth-order valence-electron chi connectivity index (χ4n) is 1.94. The van der Waals surface area contributed by atoms with Crippen LogP contribution in [0.3, 0.4) is 0 Å². The van der Waals surface area contributed by atoms with E-state index in [9.17, 15) is 14.4 Å². The van der Waals surface area contributed by atoms with Crippen LogP contribution in [0.2, 0.25) is 0 Å². The van der Waals surface area contributed by atoms with Crippen molar-refractivity contribution in [1.82, 2.24) is 4.98 Å². The van der Waals surface area contributed by atoms with Crippen LogP contribution in [0.25, 0.3) is 0 Å². The summed E-state index contributed by atoms with van der Waals surface area (Å²) in [6, 6.07) is 8.21. The van der Waals surface area contributed by atoms with Gasteiger partial charge in [-0.25, -0.2) is 9.78 Å². The summed E-state index contributed by atoms with van der Waals surface area (Å²) in [7, 11) is 1.28. The van der Waals surface area contributed by atoms with Gasteiger partial charge in [0.1, 0.15) is 5.75 Å². The molecule has 2 aromatic rings. The molecular formula is C18H17N3O6S. The molecule has 28 heavy (non-hydrogen) atoms. The quantitative estimate of drug-likeness (QED) is 0.660. The monoisotopic (exact) mass is 403 g/mol. The molecule has 10 heteroatoms. The SMILES string of the molecule is COC(=O)Cc1csc(NC(=O)COC(=O)[C@H](C)Oc2ccc(C#N)cc2)n1. The maximum absolute atomic E-state index is 11.9. The highest BCUT2D eigenvalue weighted by molar-refractivity contribution is 7.13. The summed E-state index contributed by atoms with van der Waals surface area (Å²) < 4.78 is 14.9. The van der Waals surface area contributed by atoms with Crippen LogP contribution in [-0.4, -0.2) is 42.7 Å². The van der Waals surface area contributed by atoms with E-state index < -0.39 is 30.6 Å². The molecule has 146 valence electrons. The second-order valence-corrected chi connectivity index (χ2v) is 6.31. The number of amides is 1. The largest absolute Gasteiger partial charge is 0.479 e. The first-order valence-electron chi connectivity index (χ1n) is 8.05. The lowest BCUT2D eigenvalue weighted by Gasteiger charge is -2.13. The minimum atomic E-state index is -0.938. The molecule has 2 rings (SSSR count). The highest BCUT2D eigenvalue weighted by Gasteiger charge is 2.18. The Hall–Kier alpha value is -3.45. The second kappa shape index (κ2) is 10.0. The molecule has 0 aliphatic rings. The molecule has 1 aromatic heterocycles. The zero-order chi connectivity index (χ0) is 20.5. The lowest BCUT2D eigenvalue weighted by atomic mass is 10.2. The van der Waals surface area contributed by atoms with E-state index in [0.29, 0.717) is 17.0 Å². The Morgan fingerprint density at radius 3 is 2.64 bits per heavy atom. The molecule has 0 fully saturated rings. The van der Waals surface area contributed by atoms with Gasteiger partial charge in [0.25, 0.3) is 5.91 Å². The molecule has 0 radical (unpaired) electrons. The first kappa shape index (κ1) is 20.9. The van der Waals surface area contributed by atoms with Gasteiger partial charge in [0.05, 0.1) is 30.9 Å². The number of nitrogens with one attached hydrogen (secondary N) is 1. The van der Waals surface area contributed by atoms with E-state index in [0.717, 1.165) is 11.3 Å². The summed E-state index contributed by atoms with van der Waals surface area (Å²) in [5, 5.41) is 13.1. The van der Waals surface area contributed by atoms with E-state index in [4.69, 9.17) is 14.7 Å². The number of nitriles is 1. The highest BCUT2D eigenvalue weighted by atomic mass is 32.1. The number of hydrogen-bond donors (Lipinski definition) is 1. The van der Waals surface area contributed by atoms with Crippen molar-refractivity contribution >= 4 is 34.3 Å². The first-order chi connectivity index (χ1) is 13.4. The Labute approximate surface area is 164 Å². The topological polar surface area (TPSA) is 128 Å². The second-order valence-electron chi connectivity index (χ2n) is 5.45. The van der Waals surface area contributed by atoms with Gasteiger partial charge in [-0.05, 0) is 31.2 Å². The number of aromatic nitrogens is 1. The molecule has 9 nitrogen and oxygen atoms in total. The molecule has 0 bridgehead atoms. The van der Waals surface area contributed by atoms with Gasteiger partial charge in [0.15, 0.2) is 17.8 Å². The Kier molecular flexibility index (Phi) is 7.47. The van der Waals surface area contributed by atoms with Crippen molar-refractivity contribution < 1.29 is 28.6 Å². The number of rotatable bonds is 8. The number of nitrogens with zero attached hydrogens (tertiary/aromatic N) is 2. The van der Waals surface area contributed by atoms with E-state index in [1.807, 2.05) is 6.07 Å². The molecule has 0 saturated carbocycles. The smallest absolute Gasteiger partial charge is 0.347 e. The zero-order valence-corrected chi connectivity index (χ0v) is 15.9. The molecule has 0 aliphatic heterocycles. The number of carbonyl (C=O) groups is 3. The molecule has 0 spiro atoms. The summed E-state index contributed by atoms with van der Waals surface area (Å²) in [5.74, 6) is -1.33. The van der Waals surface area contributed by atoms with Crippen molar-refractivity contribution in [2.24, 2.45) is 0 Å². The zero-order valence-electron chi connectivity index (χ0n) is 15.1. The number of thiazole rings is 1. The summed E-state index contributed by atoms with van der Waals surface area (Å²) in [6.07, 6.45) is -0.936. The van der Waals surface area contributed by atoms with Crippen molar-refractivity contribution in [2.75, 3.05) is 19.0 Å². The van der Waals surface area contributed by atoms with Crippen molar-refractivity contribution in [3.63, 3.8) is 0 Å². The van der Waals surface area contributed by atoms with E-state index in [2.05, 4.69) is 15.0 Å². The number of anilines is 1. The Balaban J connectivity index is 1.77. The summed E-state index contributed by atoms with van der Waals surface area (Å²) >= 11 is 1.14. The minimum absolute atomic E-state index is 0.00204. The third-order valence-corrected chi connectivity index (χ3v) is 4.13. The Morgan fingerprint density at radius 2 is 2.00 bits per heavy atom. The van der Waals surface area contributed by atoms with Gasteiger partial charge < -0.3 is 14.2 Å². The number of hydrogen-bond acceptors (Lipinski definition) is 9. The minimum Gasteiger partial charge on any atom is -0.479 e. The maximum Gasteiger partial charge on any atom is 0.347 e. The van der Waals surface area contributed by atoms with Crippen molar-refractivity contribution in [2.45, 2.75) is 19.4 Å². The van der Waals surface area contributed by atoms with E-state index >= 15 is 0 Å². The van der Waals surface area contributed by atoms with E-state index in [1.165, 1.54) is 14.0 Å². The number of methoxy groups -OCH3 is 1. The van der Waals surface area contributed by atoms with Gasteiger partial charge in [-0.1, -0.05) is 0 Å². The van der Waals surface area contributed by atoms with Gasteiger partial charge in [-0.3, -0.25) is 14.9 Å². The van der Waals surface area contributed by atoms with Crippen LogP contribution in [0.1, 0.15) is 18.2 Å². The van der Waals surface area contributed by atoms with Gasteiger partial charge >= 0.3 is 11.9 Å². The molecule has 0 aliphatic carbocycles. The predicted molar refractivity (Wildman–Crippen MR) is 98.7 cm³/mol. The van der Waals surface area contributed by atoms with Gasteiger partial charge in [-0.15, -0.1) is 11.3 Å². The van der Waals surface area contributed by atoms with Crippen LogP contribution in [0.15, 0.2) is 29.6 Å². The fourth-order valence-corrected chi connectivity index (χ4v) is 2.66. The average Bonchev–Trinajstić information content (AvgIpc) is 3.13. The number of ether oxygens (including phenoxy) is 3. The van der Waals surface area contributed by atoms with Gasteiger partial charge in [0.2, 0.25) is 0 Å². The van der Waals surface area contributed by atoms with Crippen LogP contribution in [0.4, 0.5) is 5.13 Å². The molecule has 1 amide bonds. The van der Waals surface area contributed by atoms with Crippen molar-refractivity contribution in [3.05, 3.63) is 40.9 Å². The van der Waals surface area contributed by atoms with Crippen molar-refractivity contribution in [3.8, 4) is 11.8 Å². The maximum atomic E-state index is 11.9. The standard InChI is InChI=1S/C18H17N3O6S/c1-11(27-14-5-3-12(8-19)4-6-14)17(24)26-9-15(22)21-18-20-13(10-28-18)7-16(23)25-2/h3-6,10-11H,7,9H2,1-2H3,(H,20,21,22)/t11-/m0/s1. The average molecular weight is 403 g/mol. The third-order valence-electron chi connectivity index (χ3n) is 3.32. The first-order valence-corrected chi connectivity index (χ1v) is 8.93. The summed E-state index contributed by atoms with van der Waals surface area (Å²) in [5.41, 5.74) is 0.935. The number of carbonyl (C=O) groups excluding carboxylic acids is 3. The molecule has 1 heterocycles. The van der Waals surface area contributed by atoms with Crippen molar-refractivity contribution in [1.29, 1.82) is 5.26 Å². The highest BCUT2D eigenvalue weighted by Crippen LogP contribution is 2.16. The summed E-state index contributed by atoms with van der Waals surface area (Å²) in [6.45, 7) is 0.976. The number of benzene rings is 1. The molecule has 1 N–H and O–H groups in total. The van der Waals surface area contributed by atoms with E-state index in [-0.39, 0.29) is 11.6 Å². The van der Waals surface area contributed by atoms with Gasteiger partial charge in [0, 0.05) is 5.38 Å². The summed E-state index contributed by atoms with van der Waals surface area (Å²) in [4.78, 5) is 39.1. The molecule has 0 unspecified atom stereocenters. The lowest BCUT2D eigenvalue weighted by molar-refractivity contribution is -0.153. The normalized spacial score (nSPS) is 11.0. The van der Waals surface area contributed by atoms with Crippen LogP contribution < -0.4 is 10.1 Å². The van der Waals surface area contributed by atoms with Gasteiger partial charge in [-0.2, -0.15) is 5.26 Å². The molecule has 0 saturated heterocycles. The van der Waals surface area contributed by atoms with Crippen LogP contribution in [0, 0.1) is 11.3 Å². The molecular weight excluding hydrogens is 386 g/mol. The third kappa shape index (κ3) is 6.37. The Morgan fingerprint density at radius 1 is 1.29 bits per heavy atom. The van der Waals surface area contributed by atoms with Crippen LogP contribution in [0.5, 0.6) is 5.75 Å². The van der Waals surface area contributed by atoms with Crippen LogP contribution >= 0.6 is 11.3 Å². The predicted octanol–water partition coefficient (Wildman–Crippen LogP) is 1.68. The molecule has 1 aromatic carbocycles. The van der Waals surface area contributed by atoms with Crippen LogP contribution in [-0.2, 0) is 30.3 Å². The molecule has 1 atom stereocenters. The Bertz CT molecular complexity index is 887. The van der Waals surface area contributed by atoms with E-state index in [1.54, 1.807) is 29.6 Å².